The SMILES string of the molecule is C=CC[C@@H]1C(=O)OC[C@H]1O. The lowest BCUT2D eigenvalue weighted by Gasteiger charge is -2.04. The second-order valence-corrected chi connectivity index (χ2v) is 2.33. The minimum absolute atomic E-state index is 0.136. The van der Waals surface area contributed by atoms with Crippen molar-refractivity contribution in [3.05, 3.63) is 12.7 Å². The Bertz CT molecular complexity index is 153. The van der Waals surface area contributed by atoms with Gasteiger partial charge in [0.1, 0.15) is 12.7 Å². The summed E-state index contributed by atoms with van der Waals surface area (Å²) in [5, 5.41) is 9.10. The van der Waals surface area contributed by atoms with Crippen molar-refractivity contribution in [3.63, 3.8) is 0 Å². The van der Waals surface area contributed by atoms with E-state index in [2.05, 4.69) is 11.3 Å². The van der Waals surface area contributed by atoms with Crippen LogP contribution in [-0.4, -0.2) is 23.8 Å². The van der Waals surface area contributed by atoms with Crippen molar-refractivity contribution in [2.45, 2.75) is 12.5 Å². The molecule has 1 aliphatic rings. The van der Waals surface area contributed by atoms with E-state index in [1.165, 1.54) is 0 Å². The molecule has 1 heterocycles. The van der Waals surface area contributed by atoms with Crippen molar-refractivity contribution in [1.82, 2.24) is 0 Å². The second kappa shape index (κ2) is 2.84. The Morgan fingerprint density at radius 1 is 1.90 bits per heavy atom. The molecular formula is C7H10O3. The lowest BCUT2D eigenvalue weighted by molar-refractivity contribution is -0.141. The molecule has 1 N–H and O–H groups in total. The van der Waals surface area contributed by atoms with Gasteiger partial charge >= 0.3 is 5.97 Å². The number of rotatable bonds is 2. The summed E-state index contributed by atoms with van der Waals surface area (Å²) >= 11 is 0. The summed E-state index contributed by atoms with van der Waals surface area (Å²) in [4.78, 5) is 10.7. The minimum atomic E-state index is -0.634. The molecular weight excluding hydrogens is 132 g/mol. The highest BCUT2D eigenvalue weighted by Gasteiger charge is 2.34. The van der Waals surface area contributed by atoms with Crippen LogP contribution >= 0.6 is 0 Å². The maximum atomic E-state index is 10.7. The van der Waals surface area contributed by atoms with Gasteiger partial charge in [0.15, 0.2) is 0 Å². The average Bonchev–Trinajstić information content (AvgIpc) is 2.20. The first-order valence-electron chi connectivity index (χ1n) is 3.21. The Labute approximate surface area is 59.3 Å². The van der Waals surface area contributed by atoms with Crippen LogP contribution in [0.5, 0.6) is 0 Å². The fourth-order valence-corrected chi connectivity index (χ4v) is 0.981. The fourth-order valence-electron chi connectivity index (χ4n) is 0.981. The Morgan fingerprint density at radius 3 is 3.00 bits per heavy atom. The molecule has 0 aromatic heterocycles. The summed E-state index contributed by atoms with van der Waals surface area (Å²) in [6, 6.07) is 0. The zero-order valence-corrected chi connectivity index (χ0v) is 5.62. The predicted octanol–water partition coefficient (Wildman–Crippen LogP) is 0.0964. The third kappa shape index (κ3) is 1.19. The van der Waals surface area contributed by atoms with Crippen LogP contribution in [-0.2, 0) is 9.53 Å². The first kappa shape index (κ1) is 7.28. The molecule has 10 heavy (non-hydrogen) atoms. The number of esters is 1. The lowest BCUT2D eigenvalue weighted by Crippen LogP contribution is -2.19. The summed E-state index contributed by atoms with van der Waals surface area (Å²) in [6.07, 6.45) is 1.48. The number of allylic oxidation sites excluding steroid dienone is 1. The molecule has 1 saturated heterocycles. The van der Waals surface area contributed by atoms with Crippen molar-refractivity contribution in [2.24, 2.45) is 5.92 Å². The molecule has 0 spiro atoms. The van der Waals surface area contributed by atoms with E-state index in [-0.39, 0.29) is 18.5 Å². The molecule has 2 atom stereocenters. The van der Waals surface area contributed by atoms with Gasteiger partial charge in [0.05, 0.1) is 5.92 Å². The number of carbonyl (C=O) groups excluding carboxylic acids is 1. The van der Waals surface area contributed by atoms with Crippen molar-refractivity contribution >= 4 is 5.97 Å². The highest BCUT2D eigenvalue weighted by Crippen LogP contribution is 2.18. The van der Waals surface area contributed by atoms with Crippen LogP contribution in [0.4, 0.5) is 0 Å². The molecule has 0 aromatic rings. The molecule has 0 saturated carbocycles. The van der Waals surface area contributed by atoms with Crippen molar-refractivity contribution in [3.8, 4) is 0 Å². The van der Waals surface area contributed by atoms with Gasteiger partial charge in [-0.3, -0.25) is 4.79 Å². The van der Waals surface area contributed by atoms with Crippen molar-refractivity contribution in [2.75, 3.05) is 6.61 Å². The van der Waals surface area contributed by atoms with Crippen LogP contribution < -0.4 is 0 Å². The molecule has 0 unspecified atom stereocenters. The smallest absolute Gasteiger partial charge is 0.312 e. The van der Waals surface area contributed by atoms with Gasteiger partial charge in [0.2, 0.25) is 0 Å². The van der Waals surface area contributed by atoms with E-state index < -0.39 is 6.10 Å². The quantitative estimate of drug-likeness (QED) is 0.439. The summed E-state index contributed by atoms with van der Waals surface area (Å²) < 4.78 is 4.59. The Hall–Kier alpha value is -0.830. The number of hydrogen-bond acceptors (Lipinski definition) is 3. The highest BCUT2D eigenvalue weighted by molar-refractivity contribution is 5.75. The maximum absolute atomic E-state index is 10.7. The fraction of sp³-hybridized carbons (Fsp3) is 0.571. The molecule has 3 nitrogen and oxygen atoms in total. The van der Waals surface area contributed by atoms with Gasteiger partial charge in [-0.2, -0.15) is 0 Å². The maximum Gasteiger partial charge on any atom is 0.312 e. The first-order valence-corrected chi connectivity index (χ1v) is 3.21. The third-order valence-electron chi connectivity index (χ3n) is 1.58. The normalized spacial score (nSPS) is 31.9. The molecule has 0 amide bonds. The number of aliphatic hydroxyl groups excluding tert-OH is 1. The Kier molecular flexibility index (Phi) is 2.06. The highest BCUT2D eigenvalue weighted by atomic mass is 16.6. The standard InChI is InChI=1S/C7H10O3/c1-2-3-5-6(8)4-10-7(5)9/h2,5-6,8H,1,3-4H2/t5-,6+/m0/s1. The molecule has 1 aliphatic heterocycles. The predicted molar refractivity (Wildman–Crippen MR) is 35.3 cm³/mol. The van der Waals surface area contributed by atoms with E-state index in [0.29, 0.717) is 6.42 Å². The monoisotopic (exact) mass is 142 g/mol. The number of ether oxygens (including phenoxy) is 1. The van der Waals surface area contributed by atoms with Crippen LogP contribution in [0.2, 0.25) is 0 Å². The molecule has 0 bridgehead atoms. The van der Waals surface area contributed by atoms with Crippen LogP contribution in [0.15, 0.2) is 12.7 Å². The van der Waals surface area contributed by atoms with Crippen LogP contribution in [0.1, 0.15) is 6.42 Å². The number of carbonyl (C=O) groups is 1. The van der Waals surface area contributed by atoms with Crippen LogP contribution in [0.3, 0.4) is 0 Å². The lowest BCUT2D eigenvalue weighted by atomic mass is 10.0. The van der Waals surface area contributed by atoms with E-state index in [1.807, 2.05) is 0 Å². The molecule has 3 heteroatoms. The van der Waals surface area contributed by atoms with Crippen molar-refractivity contribution in [1.29, 1.82) is 0 Å². The Morgan fingerprint density at radius 2 is 2.60 bits per heavy atom. The first-order chi connectivity index (χ1) is 4.75. The largest absolute Gasteiger partial charge is 0.463 e. The Balaban J connectivity index is 2.53. The molecule has 0 aromatic carbocycles. The zero-order chi connectivity index (χ0) is 7.56. The van der Waals surface area contributed by atoms with Crippen LogP contribution in [0, 0.1) is 5.92 Å². The van der Waals surface area contributed by atoms with Gasteiger partial charge in [-0.25, -0.2) is 0 Å². The van der Waals surface area contributed by atoms with E-state index >= 15 is 0 Å². The topological polar surface area (TPSA) is 46.5 Å². The van der Waals surface area contributed by atoms with Gasteiger partial charge < -0.3 is 9.84 Å². The van der Waals surface area contributed by atoms with E-state index in [9.17, 15) is 4.79 Å². The van der Waals surface area contributed by atoms with Gasteiger partial charge in [-0.1, -0.05) is 6.08 Å². The zero-order valence-electron chi connectivity index (χ0n) is 5.62. The van der Waals surface area contributed by atoms with E-state index in [1.54, 1.807) is 6.08 Å². The number of hydrogen-bond donors (Lipinski definition) is 1. The second-order valence-electron chi connectivity index (χ2n) is 2.33. The molecule has 1 fully saturated rings. The van der Waals surface area contributed by atoms with Gasteiger partial charge in [0, 0.05) is 0 Å². The number of cyclic esters (lactones) is 1. The summed E-state index contributed by atoms with van der Waals surface area (Å²) in [5.74, 6) is -0.690. The minimum Gasteiger partial charge on any atom is -0.463 e. The third-order valence-corrected chi connectivity index (χ3v) is 1.58. The van der Waals surface area contributed by atoms with E-state index in [4.69, 9.17) is 5.11 Å². The van der Waals surface area contributed by atoms with E-state index in [0.717, 1.165) is 0 Å². The van der Waals surface area contributed by atoms with Crippen molar-refractivity contribution < 1.29 is 14.6 Å². The average molecular weight is 142 g/mol. The van der Waals surface area contributed by atoms with Gasteiger partial charge in [0.25, 0.3) is 0 Å². The summed E-state index contributed by atoms with van der Waals surface area (Å²) in [7, 11) is 0. The molecule has 1 rings (SSSR count). The van der Waals surface area contributed by atoms with Gasteiger partial charge in [-0.05, 0) is 6.42 Å². The summed E-state index contributed by atoms with van der Waals surface area (Å²) in [6.45, 7) is 3.61. The molecule has 56 valence electrons. The summed E-state index contributed by atoms with van der Waals surface area (Å²) in [5.41, 5.74) is 0. The molecule has 0 aliphatic carbocycles. The number of aliphatic hydroxyl groups is 1. The molecule has 0 radical (unpaired) electrons. The van der Waals surface area contributed by atoms with Crippen LogP contribution in [0.25, 0.3) is 0 Å². The van der Waals surface area contributed by atoms with Gasteiger partial charge in [-0.15, -0.1) is 6.58 Å².